The van der Waals surface area contributed by atoms with Crippen molar-refractivity contribution in [3.63, 3.8) is 0 Å². The van der Waals surface area contributed by atoms with E-state index in [9.17, 15) is 0 Å². The number of aliphatic hydroxyl groups excluding tert-OH is 1. The average Bonchev–Trinajstić information content (AvgIpc) is 2.25. The highest BCUT2D eigenvalue weighted by atomic mass is 16.5. The highest BCUT2D eigenvalue weighted by Crippen LogP contribution is 1.96. The first-order chi connectivity index (χ1) is 6.70. The maximum atomic E-state index is 8.66. The maximum absolute atomic E-state index is 8.66. The molecule has 0 saturated carbocycles. The van der Waals surface area contributed by atoms with E-state index in [1.165, 1.54) is 0 Å². The molecule has 0 fully saturated rings. The second-order valence-corrected chi connectivity index (χ2v) is 3.01. The first-order valence-electron chi connectivity index (χ1n) is 5.04. The summed E-state index contributed by atoms with van der Waals surface area (Å²) in [5.41, 5.74) is 0. The molecule has 0 aliphatic heterocycles. The minimum absolute atomic E-state index is 0.0699. The van der Waals surface area contributed by atoms with Crippen LogP contribution in [0.15, 0.2) is 13.2 Å². The highest BCUT2D eigenvalue weighted by Gasteiger charge is 2.04. The minimum Gasteiger partial charge on any atom is -0.394 e. The fourth-order valence-electron chi connectivity index (χ4n) is 0.720. The number of hydrogen-bond donors (Lipinski definition) is 1. The van der Waals surface area contributed by atoms with Crippen LogP contribution in [0.1, 0.15) is 27.2 Å². The monoisotopic (exact) mass is 204 g/mol. The molecule has 14 heavy (non-hydrogen) atoms. The van der Waals surface area contributed by atoms with E-state index >= 15 is 0 Å². The van der Waals surface area contributed by atoms with Crippen molar-refractivity contribution in [2.75, 3.05) is 19.8 Å². The Balaban J connectivity index is 0. The molecule has 0 rings (SSSR count). The third-order valence-corrected chi connectivity index (χ3v) is 1.48. The highest BCUT2D eigenvalue weighted by molar-refractivity contribution is 4.50. The molecule has 3 heteroatoms. The summed E-state index contributed by atoms with van der Waals surface area (Å²) in [7, 11) is 0. The zero-order chi connectivity index (χ0) is 11.4. The smallest absolute Gasteiger partial charge is 0.0780 e. The van der Waals surface area contributed by atoms with Gasteiger partial charge in [-0.3, -0.25) is 0 Å². The number of rotatable bonds is 7. The van der Waals surface area contributed by atoms with Crippen molar-refractivity contribution in [3.8, 4) is 0 Å². The summed E-state index contributed by atoms with van der Waals surface area (Å²) in [6, 6.07) is 0. The Morgan fingerprint density at radius 2 is 1.71 bits per heavy atom. The van der Waals surface area contributed by atoms with Crippen LogP contribution < -0.4 is 0 Å². The molecular formula is C11H24O3. The lowest BCUT2D eigenvalue weighted by atomic mass is 10.4. The molecule has 0 saturated heterocycles. The second-order valence-electron chi connectivity index (χ2n) is 3.01. The van der Waals surface area contributed by atoms with Crippen LogP contribution in [0.5, 0.6) is 0 Å². The molecule has 0 aromatic rings. The Bertz CT molecular complexity index is 107. The quantitative estimate of drug-likeness (QED) is 0.645. The normalized spacial score (nSPS) is 14.0. The largest absolute Gasteiger partial charge is 0.394 e. The lowest BCUT2D eigenvalue weighted by molar-refractivity contribution is -0.0451. The summed E-state index contributed by atoms with van der Waals surface area (Å²) in [5.74, 6) is 0. The molecule has 1 N–H and O–H groups in total. The maximum Gasteiger partial charge on any atom is 0.0780 e. The molecule has 0 heterocycles. The molecule has 0 spiro atoms. The van der Waals surface area contributed by atoms with Gasteiger partial charge in [-0.05, 0) is 20.3 Å². The SMILES string of the molecule is C=C.CCCOC(C)COC(C)CO. The van der Waals surface area contributed by atoms with Crippen molar-refractivity contribution in [1.82, 2.24) is 0 Å². The number of aliphatic hydroxyl groups is 1. The van der Waals surface area contributed by atoms with Crippen LogP contribution >= 0.6 is 0 Å². The van der Waals surface area contributed by atoms with E-state index in [4.69, 9.17) is 14.6 Å². The van der Waals surface area contributed by atoms with Crippen LogP contribution in [-0.4, -0.2) is 37.1 Å². The van der Waals surface area contributed by atoms with E-state index < -0.39 is 0 Å². The molecule has 3 nitrogen and oxygen atoms in total. The lowest BCUT2D eigenvalue weighted by Gasteiger charge is -2.15. The van der Waals surface area contributed by atoms with E-state index in [1.807, 2.05) is 13.8 Å². The summed E-state index contributed by atoms with van der Waals surface area (Å²) >= 11 is 0. The predicted molar refractivity (Wildman–Crippen MR) is 59.5 cm³/mol. The Morgan fingerprint density at radius 1 is 1.14 bits per heavy atom. The molecule has 0 radical (unpaired) electrons. The molecule has 0 aliphatic rings. The van der Waals surface area contributed by atoms with Crippen LogP contribution in [0.3, 0.4) is 0 Å². The molecule has 0 bridgehead atoms. The summed E-state index contributed by atoms with van der Waals surface area (Å²) < 4.78 is 10.7. The molecule has 0 amide bonds. The topological polar surface area (TPSA) is 38.7 Å². The molecule has 2 atom stereocenters. The first kappa shape index (κ1) is 16.1. The summed E-state index contributed by atoms with van der Waals surface area (Å²) in [5, 5.41) is 8.66. The van der Waals surface area contributed by atoms with Gasteiger partial charge in [-0.15, -0.1) is 13.2 Å². The van der Waals surface area contributed by atoms with Gasteiger partial charge in [0, 0.05) is 6.61 Å². The Kier molecular flexibility index (Phi) is 14.5. The molecule has 2 unspecified atom stereocenters. The van der Waals surface area contributed by atoms with E-state index in [0.29, 0.717) is 6.61 Å². The van der Waals surface area contributed by atoms with Crippen molar-refractivity contribution < 1.29 is 14.6 Å². The van der Waals surface area contributed by atoms with Crippen LogP contribution in [0, 0.1) is 0 Å². The van der Waals surface area contributed by atoms with Crippen LogP contribution in [0.2, 0.25) is 0 Å². The van der Waals surface area contributed by atoms with Crippen LogP contribution in [-0.2, 0) is 9.47 Å². The van der Waals surface area contributed by atoms with Gasteiger partial charge >= 0.3 is 0 Å². The van der Waals surface area contributed by atoms with Gasteiger partial charge in [-0.25, -0.2) is 0 Å². The Labute approximate surface area is 87.7 Å². The van der Waals surface area contributed by atoms with E-state index in [-0.39, 0.29) is 18.8 Å². The van der Waals surface area contributed by atoms with Crippen LogP contribution in [0.25, 0.3) is 0 Å². The minimum atomic E-state index is -0.0855. The molecule has 0 aromatic carbocycles. The zero-order valence-corrected chi connectivity index (χ0v) is 9.66. The van der Waals surface area contributed by atoms with Crippen molar-refractivity contribution in [2.45, 2.75) is 39.4 Å². The van der Waals surface area contributed by atoms with E-state index in [1.54, 1.807) is 0 Å². The standard InChI is InChI=1S/C9H20O3.C2H4/c1-4-5-11-9(3)7-12-8(2)6-10;1-2/h8-10H,4-7H2,1-3H3;1-2H2. The van der Waals surface area contributed by atoms with Gasteiger partial charge in [0.15, 0.2) is 0 Å². The lowest BCUT2D eigenvalue weighted by Crippen LogP contribution is -2.22. The van der Waals surface area contributed by atoms with Gasteiger partial charge in [-0.1, -0.05) is 6.92 Å². The molecule has 0 aliphatic carbocycles. The van der Waals surface area contributed by atoms with Gasteiger partial charge in [0.2, 0.25) is 0 Å². The van der Waals surface area contributed by atoms with Gasteiger partial charge in [-0.2, -0.15) is 0 Å². The average molecular weight is 204 g/mol. The predicted octanol–water partition coefficient (Wildman–Crippen LogP) is 2.00. The fourth-order valence-corrected chi connectivity index (χ4v) is 0.720. The van der Waals surface area contributed by atoms with Gasteiger partial charge < -0.3 is 14.6 Å². The number of ether oxygens (including phenoxy) is 2. The summed E-state index contributed by atoms with van der Waals surface area (Å²) in [6.45, 7) is 13.3. The second kappa shape index (κ2) is 12.6. The van der Waals surface area contributed by atoms with Crippen LogP contribution in [0.4, 0.5) is 0 Å². The summed E-state index contributed by atoms with van der Waals surface area (Å²) in [4.78, 5) is 0. The zero-order valence-electron chi connectivity index (χ0n) is 9.66. The molecule has 86 valence electrons. The van der Waals surface area contributed by atoms with Gasteiger partial charge in [0.25, 0.3) is 0 Å². The first-order valence-corrected chi connectivity index (χ1v) is 5.04. The van der Waals surface area contributed by atoms with Gasteiger partial charge in [0.05, 0.1) is 25.4 Å². The van der Waals surface area contributed by atoms with Crippen molar-refractivity contribution >= 4 is 0 Å². The molecular weight excluding hydrogens is 180 g/mol. The summed E-state index contributed by atoms with van der Waals surface area (Å²) in [6.07, 6.45) is 1.07. The molecule has 0 aromatic heterocycles. The van der Waals surface area contributed by atoms with E-state index in [0.717, 1.165) is 13.0 Å². The van der Waals surface area contributed by atoms with Crippen molar-refractivity contribution in [3.05, 3.63) is 13.2 Å². The third-order valence-electron chi connectivity index (χ3n) is 1.48. The van der Waals surface area contributed by atoms with E-state index in [2.05, 4.69) is 20.1 Å². The third kappa shape index (κ3) is 11.6. The number of hydrogen-bond acceptors (Lipinski definition) is 3. The Morgan fingerprint density at radius 3 is 2.14 bits per heavy atom. The van der Waals surface area contributed by atoms with Crippen molar-refractivity contribution in [2.24, 2.45) is 0 Å². The Hall–Kier alpha value is -0.380. The fraction of sp³-hybridized carbons (Fsp3) is 0.818. The van der Waals surface area contributed by atoms with Gasteiger partial charge in [0.1, 0.15) is 0 Å². The van der Waals surface area contributed by atoms with Crippen molar-refractivity contribution in [1.29, 1.82) is 0 Å².